The Balaban J connectivity index is 1.39. The van der Waals surface area contributed by atoms with Crippen LogP contribution >= 0.6 is 0 Å². The molecule has 0 aromatic heterocycles. The standard InChI is InChI=1S/C29H38N2O6/c1-34-20-21-36-23-37-27-13-12-24(22-28(27)35-2)8-6-7-11-29(33)31-18-16-30(17-19-31)15-14-26(32)25-9-4-3-5-10-25/h3-13,22,26,32H,14-21,23H2,1-2H3. The van der Waals surface area contributed by atoms with Crippen molar-refractivity contribution < 1.29 is 28.8 Å². The van der Waals surface area contributed by atoms with E-state index >= 15 is 0 Å². The number of aliphatic hydroxyl groups is 1. The molecule has 2 aromatic rings. The Morgan fingerprint density at radius 2 is 1.78 bits per heavy atom. The molecule has 37 heavy (non-hydrogen) atoms. The summed E-state index contributed by atoms with van der Waals surface area (Å²) in [5.74, 6) is 1.20. The van der Waals surface area contributed by atoms with Gasteiger partial charge in [0, 0.05) is 45.9 Å². The van der Waals surface area contributed by atoms with Crippen LogP contribution < -0.4 is 9.47 Å². The summed E-state index contributed by atoms with van der Waals surface area (Å²) in [6.07, 6.45) is 7.31. The van der Waals surface area contributed by atoms with Crippen LogP contribution in [0.4, 0.5) is 0 Å². The number of allylic oxidation sites excluding steroid dienone is 2. The number of rotatable bonds is 14. The molecule has 0 saturated carbocycles. The number of carbonyl (C=O) groups excluding carboxylic acids is 1. The molecule has 200 valence electrons. The van der Waals surface area contributed by atoms with E-state index in [1.54, 1.807) is 26.4 Å². The van der Waals surface area contributed by atoms with Gasteiger partial charge in [0.1, 0.15) is 0 Å². The smallest absolute Gasteiger partial charge is 0.246 e. The maximum absolute atomic E-state index is 12.6. The fourth-order valence-electron chi connectivity index (χ4n) is 3.96. The number of carbonyl (C=O) groups is 1. The minimum absolute atomic E-state index is 0.00317. The van der Waals surface area contributed by atoms with E-state index < -0.39 is 6.10 Å². The molecule has 0 spiro atoms. The molecule has 1 atom stereocenters. The predicted molar refractivity (Wildman–Crippen MR) is 144 cm³/mol. The Morgan fingerprint density at radius 3 is 2.51 bits per heavy atom. The summed E-state index contributed by atoms with van der Waals surface area (Å²) >= 11 is 0. The number of ether oxygens (including phenoxy) is 4. The van der Waals surface area contributed by atoms with Gasteiger partial charge in [0.15, 0.2) is 18.3 Å². The van der Waals surface area contributed by atoms with Gasteiger partial charge in [-0.25, -0.2) is 0 Å². The summed E-state index contributed by atoms with van der Waals surface area (Å²) in [5, 5.41) is 10.4. The van der Waals surface area contributed by atoms with Gasteiger partial charge in [-0.2, -0.15) is 0 Å². The second-order valence-electron chi connectivity index (χ2n) is 8.67. The van der Waals surface area contributed by atoms with E-state index in [0.29, 0.717) is 44.2 Å². The SMILES string of the molecule is COCCOCOc1ccc(C=CC=CC(=O)N2CCN(CCC(O)c3ccccc3)CC2)cc1OC. The summed E-state index contributed by atoms with van der Waals surface area (Å²) in [4.78, 5) is 16.7. The van der Waals surface area contributed by atoms with Gasteiger partial charge in [0.2, 0.25) is 5.91 Å². The first kappa shape index (κ1) is 28.4. The van der Waals surface area contributed by atoms with E-state index in [9.17, 15) is 9.90 Å². The molecule has 0 bridgehead atoms. The van der Waals surface area contributed by atoms with E-state index in [-0.39, 0.29) is 12.7 Å². The first-order valence-corrected chi connectivity index (χ1v) is 12.6. The minimum Gasteiger partial charge on any atom is -0.493 e. The first-order valence-electron chi connectivity index (χ1n) is 12.6. The summed E-state index contributed by atoms with van der Waals surface area (Å²) in [7, 11) is 3.21. The molecule has 1 unspecified atom stereocenters. The van der Waals surface area contributed by atoms with Gasteiger partial charge in [0.25, 0.3) is 0 Å². The third kappa shape index (κ3) is 9.66. The highest BCUT2D eigenvalue weighted by Crippen LogP contribution is 2.28. The fraction of sp³-hybridized carbons (Fsp3) is 0.414. The molecule has 1 heterocycles. The molecule has 8 nitrogen and oxygen atoms in total. The summed E-state index contributed by atoms with van der Waals surface area (Å²) in [5.41, 5.74) is 1.87. The summed E-state index contributed by atoms with van der Waals surface area (Å²) in [6.45, 7) is 4.87. The maximum Gasteiger partial charge on any atom is 0.246 e. The van der Waals surface area contributed by atoms with Crippen molar-refractivity contribution in [3.05, 3.63) is 77.9 Å². The van der Waals surface area contributed by atoms with Gasteiger partial charge in [-0.05, 0) is 29.7 Å². The van der Waals surface area contributed by atoms with Crippen LogP contribution in [0.1, 0.15) is 23.7 Å². The van der Waals surface area contributed by atoms with Crippen LogP contribution in [0.2, 0.25) is 0 Å². The Kier molecular flexibility index (Phi) is 12.2. The molecule has 1 aliphatic heterocycles. The van der Waals surface area contributed by atoms with E-state index in [0.717, 1.165) is 30.8 Å². The average molecular weight is 511 g/mol. The van der Waals surface area contributed by atoms with Crippen LogP contribution in [-0.2, 0) is 14.3 Å². The maximum atomic E-state index is 12.6. The van der Waals surface area contributed by atoms with E-state index in [1.165, 1.54) is 0 Å². The number of amides is 1. The molecule has 3 rings (SSSR count). The van der Waals surface area contributed by atoms with E-state index in [2.05, 4.69) is 4.90 Å². The number of nitrogens with zero attached hydrogens (tertiary/aromatic N) is 2. The minimum atomic E-state index is -0.459. The highest BCUT2D eigenvalue weighted by Gasteiger charge is 2.20. The molecule has 0 aliphatic carbocycles. The third-order valence-corrected chi connectivity index (χ3v) is 6.14. The summed E-state index contributed by atoms with van der Waals surface area (Å²) < 4.78 is 21.3. The largest absolute Gasteiger partial charge is 0.493 e. The Morgan fingerprint density at radius 1 is 1.00 bits per heavy atom. The molecular formula is C29H38N2O6. The Hall–Kier alpha value is -3.17. The second-order valence-corrected chi connectivity index (χ2v) is 8.67. The van der Waals surface area contributed by atoms with Crippen molar-refractivity contribution in [1.82, 2.24) is 9.80 Å². The van der Waals surface area contributed by atoms with Crippen LogP contribution in [0.3, 0.4) is 0 Å². The molecule has 8 heteroatoms. The zero-order valence-electron chi connectivity index (χ0n) is 21.8. The molecule has 2 aromatic carbocycles. The lowest BCUT2D eigenvalue weighted by Gasteiger charge is -2.34. The van der Waals surface area contributed by atoms with Crippen molar-refractivity contribution in [3.8, 4) is 11.5 Å². The monoisotopic (exact) mass is 510 g/mol. The normalized spacial score (nSPS) is 15.4. The molecule has 1 N–H and O–H groups in total. The van der Waals surface area contributed by atoms with E-state index in [1.807, 2.05) is 65.6 Å². The highest BCUT2D eigenvalue weighted by molar-refractivity contribution is 5.88. The van der Waals surface area contributed by atoms with Gasteiger partial charge in [-0.3, -0.25) is 9.69 Å². The van der Waals surface area contributed by atoms with Crippen molar-refractivity contribution >= 4 is 12.0 Å². The number of piperazine rings is 1. The van der Waals surface area contributed by atoms with Gasteiger partial charge in [-0.1, -0.05) is 54.6 Å². The zero-order chi connectivity index (χ0) is 26.3. The van der Waals surface area contributed by atoms with Crippen molar-refractivity contribution in [3.63, 3.8) is 0 Å². The highest BCUT2D eigenvalue weighted by atomic mass is 16.7. The number of methoxy groups -OCH3 is 2. The lowest BCUT2D eigenvalue weighted by Crippen LogP contribution is -2.48. The van der Waals surface area contributed by atoms with Crippen LogP contribution in [0, 0.1) is 0 Å². The number of hydrogen-bond acceptors (Lipinski definition) is 7. The van der Waals surface area contributed by atoms with Crippen molar-refractivity contribution in [2.75, 3.05) is 67.0 Å². The van der Waals surface area contributed by atoms with Crippen molar-refractivity contribution in [1.29, 1.82) is 0 Å². The third-order valence-electron chi connectivity index (χ3n) is 6.14. The molecule has 1 amide bonds. The zero-order valence-corrected chi connectivity index (χ0v) is 21.8. The van der Waals surface area contributed by atoms with Gasteiger partial charge >= 0.3 is 0 Å². The van der Waals surface area contributed by atoms with Crippen LogP contribution in [0.15, 0.2) is 66.8 Å². The quantitative estimate of drug-likeness (QED) is 0.180. The molecule has 1 aliphatic rings. The lowest BCUT2D eigenvalue weighted by atomic mass is 10.1. The average Bonchev–Trinajstić information content (AvgIpc) is 2.95. The molecule has 0 radical (unpaired) electrons. The number of benzene rings is 2. The molecule has 1 fully saturated rings. The van der Waals surface area contributed by atoms with Crippen LogP contribution in [0.5, 0.6) is 11.5 Å². The topological polar surface area (TPSA) is 80.7 Å². The van der Waals surface area contributed by atoms with Crippen molar-refractivity contribution in [2.45, 2.75) is 12.5 Å². The lowest BCUT2D eigenvalue weighted by molar-refractivity contribution is -0.127. The van der Waals surface area contributed by atoms with Gasteiger partial charge in [0.05, 0.1) is 26.4 Å². The first-order chi connectivity index (χ1) is 18.1. The van der Waals surface area contributed by atoms with Crippen LogP contribution in [0.25, 0.3) is 6.08 Å². The predicted octanol–water partition coefficient (Wildman–Crippen LogP) is 3.53. The Labute approximate surface area is 219 Å². The number of hydrogen-bond donors (Lipinski definition) is 1. The summed E-state index contributed by atoms with van der Waals surface area (Å²) in [6, 6.07) is 15.3. The van der Waals surface area contributed by atoms with Gasteiger partial charge < -0.3 is 29.0 Å². The molecular weight excluding hydrogens is 472 g/mol. The van der Waals surface area contributed by atoms with Crippen LogP contribution in [-0.4, -0.2) is 87.8 Å². The van der Waals surface area contributed by atoms with Crippen molar-refractivity contribution in [2.24, 2.45) is 0 Å². The Bertz CT molecular complexity index is 1000. The van der Waals surface area contributed by atoms with E-state index in [4.69, 9.17) is 18.9 Å². The van der Waals surface area contributed by atoms with Gasteiger partial charge in [-0.15, -0.1) is 0 Å². The second kappa shape index (κ2) is 15.8. The fourth-order valence-corrected chi connectivity index (χ4v) is 3.96. The number of aliphatic hydroxyl groups excluding tert-OH is 1. The molecule has 1 saturated heterocycles.